The summed E-state index contributed by atoms with van der Waals surface area (Å²) in [4.78, 5) is 37.2. The van der Waals surface area contributed by atoms with Crippen LogP contribution in [0.25, 0.3) is 0 Å². The molecule has 0 aromatic rings. The van der Waals surface area contributed by atoms with Crippen molar-refractivity contribution in [3.63, 3.8) is 0 Å². The van der Waals surface area contributed by atoms with Crippen molar-refractivity contribution in [1.82, 2.24) is 5.06 Å². The Bertz CT molecular complexity index is 353. The van der Waals surface area contributed by atoms with Crippen LogP contribution in [0.2, 0.25) is 0 Å². The quantitative estimate of drug-likeness (QED) is 0.503. The molecule has 16 heavy (non-hydrogen) atoms. The molecule has 0 saturated carbocycles. The zero-order valence-corrected chi connectivity index (χ0v) is 9.44. The molecule has 0 spiro atoms. The normalized spacial score (nSPS) is 27.2. The Hall–Kier alpha value is -0.870. The van der Waals surface area contributed by atoms with Gasteiger partial charge in [-0.25, -0.2) is 4.79 Å². The lowest BCUT2D eigenvalue weighted by molar-refractivity contribution is -0.170. The van der Waals surface area contributed by atoms with Gasteiger partial charge in [0.05, 0.1) is 16.8 Å². The minimum absolute atomic E-state index is 0.00900. The standard InChI is InChI=1S/C6H8ClNO7S/c1-2-3(16(12,13)14)5(10)8(4(2)9)15-6(7)11/h2-3,12-14H,1H3. The van der Waals surface area contributed by atoms with Crippen LogP contribution in [0.3, 0.4) is 0 Å². The van der Waals surface area contributed by atoms with E-state index in [9.17, 15) is 14.4 Å². The number of nitrogens with zero attached hydrogens (tertiary/aromatic N) is 1. The smallest absolute Gasteiger partial charge is 0.315 e. The summed E-state index contributed by atoms with van der Waals surface area (Å²) in [6, 6.07) is 0. The van der Waals surface area contributed by atoms with Gasteiger partial charge in [-0.2, -0.15) is 0 Å². The Labute approximate surface area is 96.2 Å². The molecule has 2 amide bonds. The van der Waals surface area contributed by atoms with E-state index in [1.54, 1.807) is 0 Å². The molecule has 92 valence electrons. The van der Waals surface area contributed by atoms with Crippen molar-refractivity contribution >= 4 is 39.7 Å². The van der Waals surface area contributed by atoms with Crippen LogP contribution in [0.1, 0.15) is 6.92 Å². The van der Waals surface area contributed by atoms with Crippen LogP contribution in [0.15, 0.2) is 0 Å². The summed E-state index contributed by atoms with van der Waals surface area (Å²) in [5.74, 6) is -3.44. The second-order valence-electron chi connectivity index (χ2n) is 3.07. The third-order valence-corrected chi connectivity index (χ3v) is 3.35. The summed E-state index contributed by atoms with van der Waals surface area (Å²) in [5.41, 5.74) is -1.43. The van der Waals surface area contributed by atoms with Crippen molar-refractivity contribution in [2.24, 2.45) is 5.92 Å². The lowest BCUT2D eigenvalue weighted by atomic mass is 10.1. The van der Waals surface area contributed by atoms with Gasteiger partial charge in [0.15, 0.2) is 5.25 Å². The molecular weight excluding hydrogens is 266 g/mol. The summed E-state index contributed by atoms with van der Waals surface area (Å²) in [6.07, 6.45) is 0. The van der Waals surface area contributed by atoms with Gasteiger partial charge >= 0.3 is 5.43 Å². The van der Waals surface area contributed by atoms with Gasteiger partial charge in [-0.15, -0.1) is 0 Å². The molecule has 1 aliphatic heterocycles. The van der Waals surface area contributed by atoms with E-state index in [1.807, 2.05) is 0 Å². The fourth-order valence-electron chi connectivity index (χ4n) is 1.32. The Morgan fingerprint density at radius 2 is 1.88 bits per heavy atom. The number of halogens is 1. The Morgan fingerprint density at radius 1 is 1.38 bits per heavy atom. The van der Waals surface area contributed by atoms with Crippen LogP contribution < -0.4 is 0 Å². The van der Waals surface area contributed by atoms with Crippen molar-refractivity contribution in [2.75, 3.05) is 0 Å². The number of rotatable bonds is 2. The van der Waals surface area contributed by atoms with Crippen molar-refractivity contribution in [1.29, 1.82) is 0 Å². The van der Waals surface area contributed by atoms with Gasteiger partial charge < -0.3 is 18.5 Å². The summed E-state index contributed by atoms with van der Waals surface area (Å²) >= 11 is 4.81. The van der Waals surface area contributed by atoms with Crippen LogP contribution in [-0.4, -0.2) is 41.2 Å². The van der Waals surface area contributed by atoms with E-state index in [0.29, 0.717) is 0 Å². The van der Waals surface area contributed by atoms with Crippen LogP contribution >= 0.6 is 22.5 Å². The molecule has 0 aromatic heterocycles. The number of carbonyl (C=O) groups is 3. The third kappa shape index (κ3) is 2.28. The number of hydrogen-bond acceptors (Lipinski definition) is 7. The lowest BCUT2D eigenvalue weighted by Gasteiger charge is -2.25. The molecule has 10 heteroatoms. The molecule has 3 N–H and O–H groups in total. The first-order valence-electron chi connectivity index (χ1n) is 3.91. The molecule has 0 radical (unpaired) electrons. The van der Waals surface area contributed by atoms with E-state index in [2.05, 4.69) is 4.84 Å². The zero-order valence-electron chi connectivity index (χ0n) is 7.86. The summed E-state index contributed by atoms with van der Waals surface area (Å²) in [6.45, 7) is 1.18. The van der Waals surface area contributed by atoms with Crippen LogP contribution in [-0.2, 0) is 14.4 Å². The van der Waals surface area contributed by atoms with E-state index < -0.39 is 39.3 Å². The van der Waals surface area contributed by atoms with Crippen molar-refractivity contribution in [2.45, 2.75) is 12.2 Å². The molecule has 2 atom stereocenters. The average molecular weight is 274 g/mol. The van der Waals surface area contributed by atoms with Gasteiger partial charge in [-0.1, -0.05) is 12.0 Å². The zero-order chi connectivity index (χ0) is 12.7. The monoisotopic (exact) mass is 273 g/mol. The first-order valence-corrected chi connectivity index (χ1v) is 5.85. The molecule has 0 aliphatic carbocycles. The van der Waals surface area contributed by atoms with E-state index in [0.717, 1.165) is 0 Å². The number of amides is 2. The average Bonchev–Trinajstić information content (AvgIpc) is 2.28. The molecular formula is C6H8ClNO7S. The Morgan fingerprint density at radius 3 is 2.19 bits per heavy atom. The molecule has 1 heterocycles. The molecule has 1 aliphatic rings. The third-order valence-electron chi connectivity index (χ3n) is 1.99. The number of hydrogen-bond donors (Lipinski definition) is 3. The predicted molar refractivity (Wildman–Crippen MR) is 52.6 cm³/mol. The summed E-state index contributed by atoms with van der Waals surface area (Å²) in [7, 11) is -4.25. The first kappa shape index (κ1) is 13.2. The number of imide groups is 1. The first-order chi connectivity index (χ1) is 7.16. The molecule has 1 saturated heterocycles. The minimum Gasteiger partial charge on any atom is -0.315 e. The van der Waals surface area contributed by atoms with E-state index in [-0.39, 0.29) is 5.06 Å². The van der Waals surface area contributed by atoms with Gasteiger partial charge in [0.2, 0.25) is 0 Å². The maximum atomic E-state index is 11.4. The molecule has 2 unspecified atom stereocenters. The SMILES string of the molecule is CC1C(=O)N(OC(=O)Cl)C(=O)C1S(O)(O)O. The fourth-order valence-corrected chi connectivity index (χ4v) is 2.42. The van der Waals surface area contributed by atoms with Gasteiger partial charge in [0.25, 0.3) is 11.8 Å². The van der Waals surface area contributed by atoms with Gasteiger partial charge in [-0.3, -0.25) is 9.59 Å². The lowest BCUT2D eigenvalue weighted by Crippen LogP contribution is -2.34. The summed E-state index contributed by atoms with van der Waals surface area (Å²) in [5, 5.41) is -1.74. The molecule has 0 aromatic carbocycles. The van der Waals surface area contributed by atoms with Crippen LogP contribution in [0.4, 0.5) is 4.79 Å². The highest BCUT2D eigenvalue weighted by molar-refractivity contribution is 8.20. The highest BCUT2D eigenvalue weighted by Gasteiger charge is 2.54. The van der Waals surface area contributed by atoms with E-state index >= 15 is 0 Å². The number of carbonyl (C=O) groups excluding carboxylic acids is 3. The maximum absolute atomic E-state index is 11.4. The van der Waals surface area contributed by atoms with Crippen molar-refractivity contribution < 1.29 is 32.9 Å². The largest absolute Gasteiger partial charge is 0.428 e. The van der Waals surface area contributed by atoms with Crippen molar-refractivity contribution in [3.05, 3.63) is 0 Å². The topological polar surface area (TPSA) is 124 Å². The highest BCUT2D eigenvalue weighted by Crippen LogP contribution is 2.47. The fraction of sp³-hybridized carbons (Fsp3) is 0.500. The Kier molecular flexibility index (Phi) is 3.45. The molecule has 0 bridgehead atoms. The van der Waals surface area contributed by atoms with E-state index in [4.69, 9.17) is 25.3 Å². The van der Waals surface area contributed by atoms with Gasteiger partial charge in [0.1, 0.15) is 0 Å². The maximum Gasteiger partial charge on any atom is 0.428 e. The van der Waals surface area contributed by atoms with Gasteiger partial charge in [0, 0.05) is 11.6 Å². The van der Waals surface area contributed by atoms with E-state index in [1.165, 1.54) is 6.92 Å². The molecule has 8 nitrogen and oxygen atoms in total. The molecule has 1 fully saturated rings. The predicted octanol–water partition coefficient (Wildman–Crippen LogP) is 0.874. The Balaban J connectivity index is 2.99. The van der Waals surface area contributed by atoms with Crippen molar-refractivity contribution in [3.8, 4) is 0 Å². The highest BCUT2D eigenvalue weighted by atomic mass is 35.5. The second kappa shape index (κ2) is 4.18. The second-order valence-corrected chi connectivity index (χ2v) is 5.01. The van der Waals surface area contributed by atoms with Gasteiger partial charge in [-0.05, 0) is 0 Å². The van der Waals surface area contributed by atoms with Crippen LogP contribution in [0, 0.1) is 5.92 Å². The van der Waals surface area contributed by atoms with Crippen LogP contribution in [0.5, 0.6) is 0 Å². The minimum atomic E-state index is -4.25. The number of hydroxylamine groups is 2. The summed E-state index contributed by atoms with van der Waals surface area (Å²) < 4.78 is 26.8. The molecule has 1 rings (SSSR count).